The van der Waals surface area contributed by atoms with Crippen molar-refractivity contribution in [3.05, 3.63) is 77.9 Å². The lowest BCUT2D eigenvalue weighted by molar-refractivity contribution is 0.102. The fraction of sp³-hybridized carbons (Fsp3) is 0.136. The number of carbonyl (C=O) groups excluding carboxylic acids is 1. The number of hydrogen-bond acceptors (Lipinski definition) is 6. The Morgan fingerprint density at radius 1 is 1.13 bits per heavy atom. The molecule has 1 amide bonds. The fourth-order valence-electron chi connectivity index (χ4n) is 3.03. The van der Waals surface area contributed by atoms with Gasteiger partial charge in [0.25, 0.3) is 5.91 Å². The predicted octanol–water partition coefficient (Wildman–Crippen LogP) is 5.26. The summed E-state index contributed by atoms with van der Waals surface area (Å²) in [5.74, 6) is -0.141. The number of benzene rings is 2. The minimum atomic E-state index is -0.394. The highest BCUT2D eigenvalue weighted by Gasteiger charge is 2.17. The standard InChI is InChI=1S/C22H19FN4O2S/c1-13(16-5-3-4-12-24-16)25-17-10-11-18(29-2)19-20(17)30-22(26-19)27-21(28)14-6-8-15(23)9-7-14/h3-13,25H,1-2H3,(H,26,27,28). The number of halogens is 1. The molecule has 2 N–H and O–H groups in total. The molecule has 2 aromatic heterocycles. The maximum absolute atomic E-state index is 13.1. The zero-order valence-electron chi connectivity index (χ0n) is 16.3. The molecule has 0 aliphatic heterocycles. The van der Waals surface area contributed by atoms with Crippen LogP contribution in [0.4, 0.5) is 15.2 Å². The van der Waals surface area contributed by atoms with E-state index >= 15 is 0 Å². The summed E-state index contributed by atoms with van der Waals surface area (Å²) in [6, 6.07) is 14.9. The first-order valence-electron chi connectivity index (χ1n) is 9.27. The highest BCUT2D eigenvalue weighted by molar-refractivity contribution is 7.23. The molecule has 0 fully saturated rings. The van der Waals surface area contributed by atoms with Gasteiger partial charge in [-0.2, -0.15) is 0 Å². The summed E-state index contributed by atoms with van der Waals surface area (Å²) in [5, 5.41) is 6.66. The highest BCUT2D eigenvalue weighted by atomic mass is 32.1. The largest absolute Gasteiger partial charge is 0.494 e. The van der Waals surface area contributed by atoms with E-state index < -0.39 is 5.82 Å². The van der Waals surface area contributed by atoms with Crippen molar-refractivity contribution in [3.63, 3.8) is 0 Å². The van der Waals surface area contributed by atoms with E-state index in [4.69, 9.17) is 4.74 Å². The third-order valence-electron chi connectivity index (χ3n) is 4.56. The molecule has 1 atom stereocenters. The Balaban J connectivity index is 1.64. The number of thiazole rings is 1. The minimum Gasteiger partial charge on any atom is -0.494 e. The topological polar surface area (TPSA) is 76.1 Å². The molecule has 6 nitrogen and oxygen atoms in total. The van der Waals surface area contributed by atoms with Crippen LogP contribution in [0.2, 0.25) is 0 Å². The van der Waals surface area contributed by atoms with Gasteiger partial charge in [-0.25, -0.2) is 9.37 Å². The number of nitrogens with zero attached hydrogens (tertiary/aromatic N) is 2. The van der Waals surface area contributed by atoms with Gasteiger partial charge in [0.15, 0.2) is 5.13 Å². The second-order valence-corrected chi connectivity index (χ2v) is 7.59. The Kier molecular flexibility index (Phi) is 5.58. The van der Waals surface area contributed by atoms with Crippen LogP contribution in [-0.4, -0.2) is 23.0 Å². The number of rotatable bonds is 6. The summed E-state index contributed by atoms with van der Waals surface area (Å²) in [6.07, 6.45) is 1.76. The fourth-order valence-corrected chi connectivity index (χ4v) is 3.98. The highest BCUT2D eigenvalue weighted by Crippen LogP contribution is 2.39. The van der Waals surface area contributed by atoms with Gasteiger partial charge in [-0.05, 0) is 55.5 Å². The number of carbonyl (C=O) groups is 1. The van der Waals surface area contributed by atoms with Gasteiger partial charge in [0, 0.05) is 11.8 Å². The molecule has 0 aliphatic rings. The molecule has 8 heteroatoms. The van der Waals surface area contributed by atoms with E-state index in [-0.39, 0.29) is 11.9 Å². The first-order valence-corrected chi connectivity index (χ1v) is 10.1. The van der Waals surface area contributed by atoms with E-state index in [2.05, 4.69) is 20.6 Å². The zero-order chi connectivity index (χ0) is 21.1. The van der Waals surface area contributed by atoms with E-state index in [9.17, 15) is 9.18 Å². The Hall–Kier alpha value is -3.52. The Labute approximate surface area is 176 Å². The van der Waals surface area contributed by atoms with Gasteiger partial charge in [0.2, 0.25) is 0 Å². The molecule has 4 rings (SSSR count). The number of anilines is 2. The van der Waals surface area contributed by atoms with Crippen LogP contribution in [0, 0.1) is 5.82 Å². The van der Waals surface area contributed by atoms with Gasteiger partial charge in [0.05, 0.1) is 29.2 Å². The van der Waals surface area contributed by atoms with Gasteiger partial charge < -0.3 is 10.1 Å². The Morgan fingerprint density at radius 2 is 1.93 bits per heavy atom. The number of amides is 1. The van der Waals surface area contributed by atoms with Crippen molar-refractivity contribution in [1.29, 1.82) is 0 Å². The monoisotopic (exact) mass is 422 g/mol. The third kappa shape index (κ3) is 4.08. The third-order valence-corrected chi connectivity index (χ3v) is 5.56. The van der Waals surface area contributed by atoms with Crippen LogP contribution in [-0.2, 0) is 0 Å². The quantitative estimate of drug-likeness (QED) is 0.443. The molecule has 0 saturated heterocycles. The predicted molar refractivity (Wildman–Crippen MR) is 117 cm³/mol. The number of methoxy groups -OCH3 is 1. The molecule has 1 unspecified atom stereocenters. The van der Waals surface area contributed by atoms with Crippen LogP contribution in [0.5, 0.6) is 5.75 Å². The van der Waals surface area contributed by atoms with Crippen molar-refractivity contribution in [2.45, 2.75) is 13.0 Å². The smallest absolute Gasteiger partial charge is 0.257 e. The average Bonchev–Trinajstić information content (AvgIpc) is 3.19. The summed E-state index contributed by atoms with van der Waals surface area (Å²) >= 11 is 1.34. The van der Waals surface area contributed by atoms with Crippen LogP contribution < -0.4 is 15.4 Å². The van der Waals surface area contributed by atoms with E-state index in [0.717, 1.165) is 16.1 Å². The van der Waals surface area contributed by atoms with Gasteiger partial charge in [0.1, 0.15) is 17.1 Å². The molecule has 152 valence electrons. The molecule has 0 aliphatic carbocycles. The molecule has 30 heavy (non-hydrogen) atoms. The lowest BCUT2D eigenvalue weighted by Crippen LogP contribution is -2.11. The maximum atomic E-state index is 13.1. The molecule has 0 spiro atoms. The van der Waals surface area contributed by atoms with Crippen molar-refractivity contribution < 1.29 is 13.9 Å². The van der Waals surface area contributed by atoms with Crippen molar-refractivity contribution in [3.8, 4) is 5.75 Å². The first-order chi connectivity index (χ1) is 14.5. The average molecular weight is 422 g/mol. The van der Waals surface area contributed by atoms with Crippen molar-refractivity contribution >= 4 is 38.3 Å². The molecule has 0 saturated carbocycles. The van der Waals surface area contributed by atoms with Gasteiger partial charge in [-0.3, -0.25) is 15.1 Å². The number of fused-ring (bicyclic) bond motifs is 1. The number of pyridine rings is 1. The molecular weight excluding hydrogens is 403 g/mol. The number of ether oxygens (including phenoxy) is 1. The van der Waals surface area contributed by atoms with Crippen LogP contribution in [0.15, 0.2) is 60.8 Å². The van der Waals surface area contributed by atoms with Crippen molar-refractivity contribution in [2.75, 3.05) is 17.7 Å². The zero-order valence-corrected chi connectivity index (χ0v) is 17.2. The van der Waals surface area contributed by atoms with Gasteiger partial charge >= 0.3 is 0 Å². The first kappa shape index (κ1) is 19.8. The Bertz CT molecular complexity index is 1180. The van der Waals surface area contributed by atoms with Crippen LogP contribution in [0.1, 0.15) is 29.0 Å². The van der Waals surface area contributed by atoms with E-state index in [1.54, 1.807) is 13.3 Å². The van der Waals surface area contributed by atoms with E-state index in [1.165, 1.54) is 35.6 Å². The normalized spacial score (nSPS) is 11.8. The molecule has 0 bridgehead atoms. The SMILES string of the molecule is COc1ccc(NC(C)c2ccccn2)c2sc(NC(=O)c3ccc(F)cc3)nc12. The summed E-state index contributed by atoms with van der Waals surface area (Å²) in [5.41, 5.74) is 2.78. The van der Waals surface area contributed by atoms with Crippen molar-refractivity contribution in [2.24, 2.45) is 0 Å². The molecular formula is C22H19FN4O2S. The number of aromatic nitrogens is 2. The van der Waals surface area contributed by atoms with Gasteiger partial charge in [-0.15, -0.1) is 0 Å². The summed E-state index contributed by atoms with van der Waals surface area (Å²) in [6.45, 7) is 2.02. The van der Waals surface area contributed by atoms with Crippen LogP contribution >= 0.6 is 11.3 Å². The summed E-state index contributed by atoms with van der Waals surface area (Å²) in [4.78, 5) is 21.4. The van der Waals surface area contributed by atoms with E-state index in [1.807, 2.05) is 37.3 Å². The van der Waals surface area contributed by atoms with Crippen LogP contribution in [0.3, 0.4) is 0 Å². The van der Waals surface area contributed by atoms with Gasteiger partial charge in [-0.1, -0.05) is 17.4 Å². The molecule has 0 radical (unpaired) electrons. The number of hydrogen-bond donors (Lipinski definition) is 2. The maximum Gasteiger partial charge on any atom is 0.257 e. The molecule has 2 aromatic carbocycles. The second kappa shape index (κ2) is 8.46. The molecule has 4 aromatic rings. The van der Waals surface area contributed by atoms with Crippen molar-refractivity contribution in [1.82, 2.24) is 9.97 Å². The Morgan fingerprint density at radius 3 is 2.63 bits per heavy atom. The second-order valence-electron chi connectivity index (χ2n) is 6.59. The minimum absolute atomic E-state index is 0.0258. The summed E-state index contributed by atoms with van der Waals surface area (Å²) in [7, 11) is 1.58. The lowest BCUT2D eigenvalue weighted by atomic mass is 10.2. The molecule has 2 heterocycles. The van der Waals surface area contributed by atoms with Crippen LogP contribution in [0.25, 0.3) is 10.2 Å². The van der Waals surface area contributed by atoms with E-state index in [0.29, 0.717) is 22.0 Å². The summed E-state index contributed by atoms with van der Waals surface area (Å²) < 4.78 is 19.4. The lowest BCUT2D eigenvalue weighted by Gasteiger charge is -2.15. The number of nitrogens with one attached hydrogen (secondary N) is 2.